The Hall–Kier alpha value is -2.60. The van der Waals surface area contributed by atoms with E-state index in [1.54, 1.807) is 44.6 Å². The molecule has 3 rings (SSSR count). The number of nitrogens with one attached hydrogen (secondary N) is 1. The molecule has 1 aliphatic heterocycles. The summed E-state index contributed by atoms with van der Waals surface area (Å²) in [5, 5.41) is 2.93. The van der Waals surface area contributed by atoms with Crippen LogP contribution in [0.4, 0.5) is 10.1 Å². The summed E-state index contributed by atoms with van der Waals surface area (Å²) in [6.45, 7) is 1.18. The highest BCUT2D eigenvalue weighted by Gasteiger charge is 2.31. The topological polar surface area (TPSA) is 50.8 Å². The number of carbonyl (C=O) groups excluding carboxylic acids is 1. The fraction of sp³-hybridized carbons (Fsp3) is 0.350. The molecule has 0 saturated carbocycles. The minimum atomic E-state index is -0.300. The summed E-state index contributed by atoms with van der Waals surface area (Å²) in [6, 6.07) is 11.6. The van der Waals surface area contributed by atoms with Crippen LogP contribution in [0.2, 0.25) is 0 Å². The van der Waals surface area contributed by atoms with Crippen LogP contribution in [0.1, 0.15) is 18.4 Å². The lowest BCUT2D eigenvalue weighted by molar-refractivity contribution is -0.120. The van der Waals surface area contributed by atoms with Crippen LogP contribution >= 0.6 is 0 Å². The van der Waals surface area contributed by atoms with Gasteiger partial charge in [-0.25, -0.2) is 4.39 Å². The fourth-order valence-electron chi connectivity index (χ4n) is 3.29. The molecule has 1 unspecified atom stereocenters. The molecule has 26 heavy (non-hydrogen) atoms. The van der Waals surface area contributed by atoms with Gasteiger partial charge in [-0.15, -0.1) is 0 Å². The Balaban J connectivity index is 1.74. The van der Waals surface area contributed by atoms with Gasteiger partial charge in [-0.2, -0.15) is 0 Å². The number of anilines is 1. The zero-order chi connectivity index (χ0) is 18.5. The molecule has 1 atom stereocenters. The SMILES string of the molecule is COc1ccc(OC)c(NC(=O)C2CCCN2Cc2ccccc2F)c1. The number of hydrogen-bond donors (Lipinski definition) is 1. The maximum absolute atomic E-state index is 13.9. The van der Waals surface area contributed by atoms with Crippen molar-refractivity contribution in [2.24, 2.45) is 0 Å². The molecule has 0 bridgehead atoms. The van der Waals surface area contributed by atoms with Crippen molar-refractivity contribution in [3.63, 3.8) is 0 Å². The van der Waals surface area contributed by atoms with E-state index in [0.717, 1.165) is 19.4 Å². The molecule has 2 aromatic rings. The van der Waals surface area contributed by atoms with E-state index in [0.29, 0.717) is 29.3 Å². The molecular formula is C20H23FN2O3. The van der Waals surface area contributed by atoms with Gasteiger partial charge >= 0.3 is 0 Å². The number of ether oxygens (including phenoxy) is 2. The molecule has 1 fully saturated rings. The first-order valence-corrected chi connectivity index (χ1v) is 8.62. The van der Waals surface area contributed by atoms with Crippen molar-refractivity contribution in [2.75, 3.05) is 26.1 Å². The zero-order valence-corrected chi connectivity index (χ0v) is 15.0. The van der Waals surface area contributed by atoms with Gasteiger partial charge in [0.05, 0.1) is 25.9 Å². The minimum absolute atomic E-state index is 0.120. The van der Waals surface area contributed by atoms with Gasteiger partial charge in [0.2, 0.25) is 5.91 Å². The summed E-state index contributed by atoms with van der Waals surface area (Å²) in [4.78, 5) is 14.8. The first-order valence-electron chi connectivity index (χ1n) is 8.62. The number of benzene rings is 2. The second-order valence-corrected chi connectivity index (χ2v) is 6.28. The molecule has 6 heteroatoms. The smallest absolute Gasteiger partial charge is 0.241 e. The monoisotopic (exact) mass is 358 g/mol. The maximum Gasteiger partial charge on any atom is 0.241 e. The molecule has 0 spiro atoms. The Morgan fingerprint density at radius 2 is 2.04 bits per heavy atom. The molecule has 138 valence electrons. The summed E-state index contributed by atoms with van der Waals surface area (Å²) in [7, 11) is 3.12. The summed E-state index contributed by atoms with van der Waals surface area (Å²) in [5.74, 6) is 0.840. The van der Waals surface area contributed by atoms with E-state index in [4.69, 9.17) is 9.47 Å². The molecular weight excluding hydrogens is 335 g/mol. The second kappa shape index (κ2) is 8.19. The van der Waals surface area contributed by atoms with Crippen LogP contribution < -0.4 is 14.8 Å². The third-order valence-electron chi connectivity index (χ3n) is 4.66. The number of nitrogens with zero attached hydrogens (tertiary/aromatic N) is 1. The number of amides is 1. The van der Waals surface area contributed by atoms with E-state index in [9.17, 15) is 9.18 Å². The highest BCUT2D eigenvalue weighted by molar-refractivity contribution is 5.96. The third-order valence-corrected chi connectivity index (χ3v) is 4.66. The molecule has 5 nitrogen and oxygen atoms in total. The Labute approximate surface area is 152 Å². The molecule has 0 aromatic heterocycles. The van der Waals surface area contributed by atoms with Crippen molar-refractivity contribution >= 4 is 11.6 Å². The van der Waals surface area contributed by atoms with Gasteiger partial charge in [0.15, 0.2) is 0 Å². The first-order chi connectivity index (χ1) is 12.6. The van der Waals surface area contributed by atoms with E-state index in [1.165, 1.54) is 6.07 Å². The molecule has 0 radical (unpaired) electrons. The fourth-order valence-corrected chi connectivity index (χ4v) is 3.29. The van der Waals surface area contributed by atoms with Crippen LogP contribution in [-0.4, -0.2) is 37.6 Å². The number of carbonyl (C=O) groups is 1. The number of rotatable bonds is 6. The van der Waals surface area contributed by atoms with Crippen LogP contribution in [0.3, 0.4) is 0 Å². The second-order valence-electron chi connectivity index (χ2n) is 6.28. The van der Waals surface area contributed by atoms with Gasteiger partial charge in [0.1, 0.15) is 17.3 Å². The van der Waals surface area contributed by atoms with E-state index >= 15 is 0 Å². The van der Waals surface area contributed by atoms with Crippen molar-refractivity contribution < 1.29 is 18.7 Å². The minimum Gasteiger partial charge on any atom is -0.497 e. The standard InChI is InChI=1S/C20H23FN2O3/c1-25-15-9-10-19(26-2)17(12-15)22-20(24)18-8-5-11-23(18)13-14-6-3-4-7-16(14)21/h3-4,6-7,9-10,12,18H,5,8,11,13H2,1-2H3,(H,22,24). The molecule has 1 saturated heterocycles. The molecule has 1 N–H and O–H groups in total. The summed E-state index contributed by atoms with van der Waals surface area (Å²) in [5.41, 5.74) is 1.17. The van der Waals surface area contributed by atoms with E-state index < -0.39 is 0 Å². The molecule has 1 amide bonds. The average molecular weight is 358 g/mol. The quantitative estimate of drug-likeness (QED) is 0.859. The molecule has 1 heterocycles. The van der Waals surface area contributed by atoms with Gasteiger partial charge in [-0.05, 0) is 37.6 Å². The predicted octanol–water partition coefficient (Wildman–Crippen LogP) is 3.45. The molecule has 1 aliphatic rings. The van der Waals surface area contributed by atoms with Gasteiger partial charge < -0.3 is 14.8 Å². The number of methoxy groups -OCH3 is 2. The van der Waals surface area contributed by atoms with Crippen LogP contribution in [0, 0.1) is 5.82 Å². The lowest BCUT2D eigenvalue weighted by Gasteiger charge is -2.24. The van der Waals surface area contributed by atoms with Gasteiger partial charge in [0, 0.05) is 18.2 Å². The number of hydrogen-bond acceptors (Lipinski definition) is 4. The van der Waals surface area contributed by atoms with Gasteiger partial charge in [0.25, 0.3) is 0 Å². The Kier molecular flexibility index (Phi) is 5.73. The van der Waals surface area contributed by atoms with Crippen molar-refractivity contribution in [1.29, 1.82) is 0 Å². The summed E-state index contributed by atoms with van der Waals surface area (Å²) in [6.07, 6.45) is 1.65. The largest absolute Gasteiger partial charge is 0.497 e. The maximum atomic E-state index is 13.9. The van der Waals surface area contributed by atoms with Crippen LogP contribution in [0.25, 0.3) is 0 Å². The van der Waals surface area contributed by atoms with E-state index in [2.05, 4.69) is 5.32 Å². The first kappa shape index (κ1) is 18.2. The molecule has 2 aromatic carbocycles. The summed E-state index contributed by atoms with van der Waals surface area (Å²) >= 11 is 0. The number of halogens is 1. The highest BCUT2D eigenvalue weighted by atomic mass is 19.1. The Bertz CT molecular complexity index is 781. The van der Waals surface area contributed by atoms with Crippen LogP contribution in [0.5, 0.6) is 11.5 Å². The van der Waals surface area contributed by atoms with Crippen LogP contribution in [0.15, 0.2) is 42.5 Å². The average Bonchev–Trinajstić information content (AvgIpc) is 3.12. The molecule has 0 aliphatic carbocycles. The van der Waals surface area contributed by atoms with Crippen molar-refractivity contribution in [3.8, 4) is 11.5 Å². The lowest BCUT2D eigenvalue weighted by Crippen LogP contribution is -2.39. The normalized spacial score (nSPS) is 17.1. The van der Waals surface area contributed by atoms with Crippen molar-refractivity contribution in [2.45, 2.75) is 25.4 Å². The summed E-state index contributed by atoms with van der Waals surface area (Å²) < 4.78 is 24.5. The number of likely N-dealkylation sites (tertiary alicyclic amines) is 1. The lowest BCUT2D eigenvalue weighted by atomic mass is 10.1. The highest BCUT2D eigenvalue weighted by Crippen LogP contribution is 2.30. The van der Waals surface area contributed by atoms with Crippen molar-refractivity contribution in [1.82, 2.24) is 4.90 Å². The van der Waals surface area contributed by atoms with Gasteiger partial charge in [-0.3, -0.25) is 9.69 Å². The predicted molar refractivity (Wildman–Crippen MR) is 98.0 cm³/mol. The third kappa shape index (κ3) is 3.96. The van der Waals surface area contributed by atoms with Crippen molar-refractivity contribution in [3.05, 3.63) is 53.8 Å². The Morgan fingerprint density at radius 1 is 1.23 bits per heavy atom. The Morgan fingerprint density at radius 3 is 2.77 bits per heavy atom. The van der Waals surface area contributed by atoms with E-state index in [-0.39, 0.29) is 17.8 Å². The van der Waals surface area contributed by atoms with Gasteiger partial charge in [-0.1, -0.05) is 18.2 Å². The zero-order valence-electron chi connectivity index (χ0n) is 15.0. The van der Waals surface area contributed by atoms with Crippen LogP contribution in [-0.2, 0) is 11.3 Å². The van der Waals surface area contributed by atoms with E-state index in [1.807, 2.05) is 11.0 Å².